The lowest BCUT2D eigenvalue weighted by Crippen LogP contribution is -2.06. The summed E-state index contributed by atoms with van der Waals surface area (Å²) in [6.07, 6.45) is 3.27. The maximum Gasteiger partial charge on any atom is 0.338 e. The minimum absolute atomic E-state index is 0.322. The number of hydrogen-bond donors (Lipinski definition) is 1. The number of halogens is 1. The number of carbonyl (C=O) groups is 1. The predicted molar refractivity (Wildman–Crippen MR) is 130 cm³/mol. The molecule has 7 heteroatoms. The van der Waals surface area contributed by atoms with E-state index in [0.29, 0.717) is 12.2 Å². The predicted octanol–water partition coefficient (Wildman–Crippen LogP) is 6.99. The third-order valence-corrected chi connectivity index (χ3v) is 6.58. The first-order valence-electron chi connectivity index (χ1n) is 10.2. The molecule has 0 saturated carbocycles. The monoisotopic (exact) mass is 495 g/mol. The van der Waals surface area contributed by atoms with E-state index in [0.717, 1.165) is 50.2 Å². The maximum atomic E-state index is 12.3. The van der Waals surface area contributed by atoms with E-state index in [2.05, 4.69) is 50.3 Å². The average molecular weight is 496 g/mol. The van der Waals surface area contributed by atoms with Gasteiger partial charge in [-0.1, -0.05) is 48.0 Å². The molecule has 1 N–H and O–H groups in total. The van der Waals surface area contributed by atoms with Gasteiger partial charge >= 0.3 is 5.97 Å². The number of thiophene rings is 1. The van der Waals surface area contributed by atoms with Crippen molar-refractivity contribution < 1.29 is 9.53 Å². The zero-order valence-electron chi connectivity index (χ0n) is 17.3. The van der Waals surface area contributed by atoms with E-state index in [4.69, 9.17) is 4.74 Å². The standard InChI is InChI=1S/C24H22BrN3O2S/c1-3-12-30-24(29)16-6-5-7-18(13-16)28-22-21-20(15-8-10-17(25)11-9-15)19(4-2)31-23(21)27-14-26-22/h5-11,13-14H,3-4,12H2,1-2H3,(H,26,27,28). The van der Waals surface area contributed by atoms with Gasteiger partial charge in [-0.25, -0.2) is 14.8 Å². The van der Waals surface area contributed by atoms with Gasteiger partial charge in [0.1, 0.15) is 17.0 Å². The normalized spacial score (nSPS) is 10.9. The Morgan fingerprint density at radius 3 is 2.68 bits per heavy atom. The summed E-state index contributed by atoms with van der Waals surface area (Å²) in [5.74, 6) is 0.399. The first-order valence-corrected chi connectivity index (χ1v) is 11.8. The van der Waals surface area contributed by atoms with E-state index in [-0.39, 0.29) is 5.97 Å². The van der Waals surface area contributed by atoms with Crippen LogP contribution >= 0.6 is 27.3 Å². The quantitative estimate of drug-likeness (QED) is 0.279. The molecule has 0 radical (unpaired) electrons. The molecule has 4 rings (SSSR count). The van der Waals surface area contributed by atoms with Gasteiger partial charge in [-0.3, -0.25) is 0 Å². The van der Waals surface area contributed by atoms with Gasteiger partial charge in [0, 0.05) is 20.6 Å². The van der Waals surface area contributed by atoms with E-state index in [1.54, 1.807) is 29.8 Å². The number of benzene rings is 2. The van der Waals surface area contributed by atoms with Crippen molar-refractivity contribution in [2.24, 2.45) is 0 Å². The minimum atomic E-state index is -0.322. The second kappa shape index (κ2) is 9.58. The Morgan fingerprint density at radius 1 is 1.13 bits per heavy atom. The van der Waals surface area contributed by atoms with Gasteiger partial charge in [-0.15, -0.1) is 11.3 Å². The number of nitrogens with one attached hydrogen (secondary N) is 1. The summed E-state index contributed by atoms with van der Waals surface area (Å²) >= 11 is 5.20. The number of anilines is 2. The summed E-state index contributed by atoms with van der Waals surface area (Å²) in [6, 6.07) is 15.6. The third-order valence-electron chi connectivity index (χ3n) is 4.81. The Labute approximate surface area is 193 Å². The van der Waals surface area contributed by atoms with Gasteiger partial charge < -0.3 is 10.1 Å². The summed E-state index contributed by atoms with van der Waals surface area (Å²) in [5.41, 5.74) is 3.56. The number of aryl methyl sites for hydroxylation is 1. The molecule has 0 aliphatic rings. The van der Waals surface area contributed by atoms with Crippen molar-refractivity contribution in [3.05, 3.63) is 69.8 Å². The fourth-order valence-corrected chi connectivity index (χ4v) is 4.75. The van der Waals surface area contributed by atoms with Crippen molar-refractivity contribution in [3.8, 4) is 11.1 Å². The van der Waals surface area contributed by atoms with E-state index in [1.807, 2.05) is 31.2 Å². The van der Waals surface area contributed by atoms with E-state index in [9.17, 15) is 4.79 Å². The molecular weight excluding hydrogens is 474 g/mol. The zero-order valence-corrected chi connectivity index (χ0v) is 19.7. The Morgan fingerprint density at radius 2 is 1.94 bits per heavy atom. The second-order valence-electron chi connectivity index (χ2n) is 7.00. The molecule has 0 fully saturated rings. The number of nitrogens with zero attached hydrogens (tertiary/aromatic N) is 2. The molecular formula is C24H22BrN3O2S. The zero-order chi connectivity index (χ0) is 21.8. The van der Waals surface area contributed by atoms with Crippen molar-refractivity contribution in [1.29, 1.82) is 0 Å². The van der Waals surface area contributed by atoms with Crippen molar-refractivity contribution in [3.63, 3.8) is 0 Å². The van der Waals surface area contributed by atoms with E-state index < -0.39 is 0 Å². The number of carbonyl (C=O) groups excluding carboxylic acids is 1. The first kappa shape index (κ1) is 21.5. The molecule has 0 spiro atoms. The minimum Gasteiger partial charge on any atom is -0.462 e. The van der Waals surface area contributed by atoms with Crippen LogP contribution in [0, 0.1) is 0 Å². The molecule has 0 unspecified atom stereocenters. The molecule has 2 aromatic carbocycles. The highest BCUT2D eigenvalue weighted by Crippen LogP contribution is 2.42. The molecule has 2 heterocycles. The van der Waals surface area contributed by atoms with Gasteiger partial charge in [-0.05, 0) is 48.7 Å². The number of ether oxygens (including phenoxy) is 1. The highest BCUT2D eigenvalue weighted by Gasteiger charge is 2.18. The Balaban J connectivity index is 1.76. The molecule has 5 nitrogen and oxygen atoms in total. The Bertz CT molecular complexity index is 1220. The number of hydrogen-bond acceptors (Lipinski definition) is 6. The summed E-state index contributed by atoms with van der Waals surface area (Å²) in [5, 5.41) is 4.39. The fraction of sp³-hybridized carbons (Fsp3) is 0.208. The Kier molecular flexibility index (Phi) is 6.63. The summed E-state index contributed by atoms with van der Waals surface area (Å²) in [6.45, 7) is 4.54. The van der Waals surface area contributed by atoms with Crippen molar-refractivity contribution >= 4 is 55.0 Å². The van der Waals surface area contributed by atoms with Crippen LogP contribution in [0.25, 0.3) is 21.3 Å². The van der Waals surface area contributed by atoms with Gasteiger partial charge in [0.2, 0.25) is 0 Å². The SMILES string of the molecule is CCCOC(=O)c1cccc(Nc2ncnc3sc(CC)c(-c4ccc(Br)cc4)c23)c1. The van der Waals surface area contributed by atoms with Crippen LogP contribution in [0.2, 0.25) is 0 Å². The van der Waals surface area contributed by atoms with Crippen molar-refractivity contribution in [1.82, 2.24) is 9.97 Å². The summed E-state index contributed by atoms with van der Waals surface area (Å²) < 4.78 is 6.30. The lowest BCUT2D eigenvalue weighted by Gasteiger charge is -2.11. The van der Waals surface area contributed by atoms with Crippen LogP contribution in [0.3, 0.4) is 0 Å². The van der Waals surface area contributed by atoms with Gasteiger partial charge in [-0.2, -0.15) is 0 Å². The number of aromatic nitrogens is 2. The lowest BCUT2D eigenvalue weighted by molar-refractivity contribution is 0.0505. The summed E-state index contributed by atoms with van der Waals surface area (Å²) in [7, 11) is 0. The van der Waals surface area contributed by atoms with Crippen LogP contribution in [0.1, 0.15) is 35.5 Å². The fourth-order valence-electron chi connectivity index (χ4n) is 3.38. The smallest absolute Gasteiger partial charge is 0.338 e. The number of rotatable bonds is 7. The molecule has 0 saturated heterocycles. The molecule has 4 aromatic rings. The van der Waals surface area contributed by atoms with Crippen LogP contribution in [0.5, 0.6) is 0 Å². The summed E-state index contributed by atoms with van der Waals surface area (Å²) in [4.78, 5) is 23.5. The van der Waals surface area contributed by atoms with E-state index in [1.165, 1.54) is 4.88 Å². The molecule has 31 heavy (non-hydrogen) atoms. The molecule has 2 aromatic heterocycles. The van der Waals surface area contributed by atoms with Crippen LogP contribution < -0.4 is 5.32 Å². The highest BCUT2D eigenvalue weighted by molar-refractivity contribution is 9.10. The third kappa shape index (κ3) is 4.62. The second-order valence-corrected chi connectivity index (χ2v) is 9.00. The van der Waals surface area contributed by atoms with Crippen molar-refractivity contribution in [2.45, 2.75) is 26.7 Å². The van der Waals surface area contributed by atoms with Crippen LogP contribution in [0.4, 0.5) is 11.5 Å². The van der Waals surface area contributed by atoms with Gasteiger partial charge in [0.05, 0.1) is 17.6 Å². The lowest BCUT2D eigenvalue weighted by atomic mass is 10.0. The highest BCUT2D eigenvalue weighted by atomic mass is 79.9. The molecule has 158 valence electrons. The molecule has 0 aliphatic carbocycles. The number of fused-ring (bicyclic) bond motifs is 1. The average Bonchev–Trinajstić information content (AvgIpc) is 3.18. The topological polar surface area (TPSA) is 64.1 Å². The molecule has 0 bridgehead atoms. The van der Waals surface area contributed by atoms with Crippen LogP contribution in [-0.4, -0.2) is 22.5 Å². The molecule has 0 aliphatic heterocycles. The van der Waals surface area contributed by atoms with Crippen molar-refractivity contribution in [2.75, 3.05) is 11.9 Å². The largest absolute Gasteiger partial charge is 0.462 e. The number of esters is 1. The Hall–Kier alpha value is -2.77. The van der Waals surface area contributed by atoms with E-state index >= 15 is 0 Å². The molecule has 0 amide bonds. The van der Waals surface area contributed by atoms with Gasteiger partial charge in [0.25, 0.3) is 0 Å². The molecule has 0 atom stereocenters. The van der Waals surface area contributed by atoms with Crippen LogP contribution in [-0.2, 0) is 11.2 Å². The van der Waals surface area contributed by atoms with Gasteiger partial charge in [0.15, 0.2) is 0 Å². The van der Waals surface area contributed by atoms with Crippen LogP contribution in [0.15, 0.2) is 59.3 Å². The first-order chi connectivity index (χ1) is 15.1. The maximum absolute atomic E-state index is 12.3.